The zero-order valence-electron chi connectivity index (χ0n) is 13.7. The van der Waals surface area contributed by atoms with Crippen LogP contribution in [-0.2, 0) is 21.2 Å². The van der Waals surface area contributed by atoms with Crippen LogP contribution in [0.15, 0.2) is 17.0 Å². The molecule has 2 atom stereocenters. The van der Waals surface area contributed by atoms with Crippen molar-refractivity contribution < 1.29 is 22.3 Å². The molecule has 1 aromatic carbocycles. The van der Waals surface area contributed by atoms with Gasteiger partial charge in [-0.1, -0.05) is 0 Å². The molecule has 1 fully saturated rings. The third-order valence-corrected chi connectivity index (χ3v) is 5.17. The van der Waals surface area contributed by atoms with Gasteiger partial charge in [0.1, 0.15) is 4.90 Å². The van der Waals surface area contributed by atoms with E-state index < -0.39 is 26.5 Å². The molecule has 2 rings (SSSR count). The molecule has 0 spiro atoms. The first-order chi connectivity index (χ1) is 11.2. The summed E-state index contributed by atoms with van der Waals surface area (Å²) in [6.45, 7) is 2.98. The van der Waals surface area contributed by atoms with Gasteiger partial charge in [-0.25, -0.2) is 17.9 Å². The Kier molecular flexibility index (Phi) is 5.46. The van der Waals surface area contributed by atoms with Crippen molar-refractivity contribution >= 4 is 15.9 Å². The Balaban J connectivity index is 2.27. The van der Waals surface area contributed by atoms with Crippen molar-refractivity contribution in [1.29, 1.82) is 0 Å². The molecule has 7 nitrogen and oxygen atoms in total. The van der Waals surface area contributed by atoms with Crippen LogP contribution in [-0.4, -0.2) is 45.5 Å². The maximum Gasteiger partial charge on any atom is 0.241 e. The first kappa shape index (κ1) is 18.6. The van der Waals surface area contributed by atoms with E-state index in [1.807, 2.05) is 6.92 Å². The second-order valence-corrected chi connectivity index (χ2v) is 7.59. The molecular formula is C15H22FN3O4S. The van der Waals surface area contributed by atoms with Gasteiger partial charge in [-0.05, 0) is 43.5 Å². The normalized spacial score (nSPS) is 21.1. The Morgan fingerprint density at radius 1 is 1.46 bits per heavy atom. The number of likely N-dealkylation sites (tertiary alicyclic amines) is 1. The number of halogens is 1. The van der Waals surface area contributed by atoms with Crippen LogP contribution < -0.4 is 15.6 Å². The van der Waals surface area contributed by atoms with Gasteiger partial charge in [0.15, 0.2) is 11.6 Å². The molecule has 134 valence electrons. The number of nitrogens with zero attached hydrogens (tertiary/aromatic N) is 1. The van der Waals surface area contributed by atoms with E-state index in [9.17, 15) is 17.6 Å². The topological polar surface area (TPSA) is 116 Å². The van der Waals surface area contributed by atoms with Gasteiger partial charge in [0, 0.05) is 12.6 Å². The van der Waals surface area contributed by atoms with Gasteiger partial charge < -0.3 is 15.4 Å². The molecule has 1 aromatic rings. The molecular weight excluding hydrogens is 337 g/mol. The van der Waals surface area contributed by atoms with Crippen LogP contribution in [0.5, 0.6) is 5.75 Å². The van der Waals surface area contributed by atoms with Crippen molar-refractivity contribution in [3.63, 3.8) is 0 Å². The van der Waals surface area contributed by atoms with E-state index in [4.69, 9.17) is 15.6 Å². The number of amides is 1. The number of benzene rings is 1. The smallest absolute Gasteiger partial charge is 0.241 e. The summed E-state index contributed by atoms with van der Waals surface area (Å²) in [6, 6.07) is 2.31. The number of hydrogen-bond donors (Lipinski definition) is 2. The lowest BCUT2D eigenvalue weighted by atomic mass is 10.1. The minimum atomic E-state index is -4.18. The summed E-state index contributed by atoms with van der Waals surface area (Å²) >= 11 is 0. The van der Waals surface area contributed by atoms with Gasteiger partial charge >= 0.3 is 0 Å². The predicted molar refractivity (Wildman–Crippen MR) is 86.4 cm³/mol. The number of ether oxygens (including phenoxy) is 1. The van der Waals surface area contributed by atoms with Gasteiger partial charge in [0.2, 0.25) is 15.9 Å². The van der Waals surface area contributed by atoms with Crippen LogP contribution in [0.3, 0.4) is 0 Å². The Morgan fingerprint density at radius 3 is 2.62 bits per heavy atom. The fourth-order valence-electron chi connectivity index (χ4n) is 3.07. The molecule has 0 radical (unpaired) electrons. The van der Waals surface area contributed by atoms with Crippen LogP contribution in [0.1, 0.15) is 18.9 Å². The number of carbonyl (C=O) groups is 1. The molecule has 0 aromatic heterocycles. The summed E-state index contributed by atoms with van der Waals surface area (Å²) in [6.07, 6.45) is 0.701. The summed E-state index contributed by atoms with van der Waals surface area (Å²) in [4.78, 5) is 13.7. The largest absolute Gasteiger partial charge is 0.492 e. The zero-order chi connectivity index (χ0) is 18.1. The van der Waals surface area contributed by atoms with Crippen molar-refractivity contribution in [3.05, 3.63) is 23.5 Å². The molecule has 1 saturated heterocycles. The number of sulfonamides is 1. The second-order valence-electron chi connectivity index (χ2n) is 6.06. The van der Waals surface area contributed by atoms with E-state index >= 15 is 0 Å². The highest BCUT2D eigenvalue weighted by molar-refractivity contribution is 7.89. The van der Waals surface area contributed by atoms with Crippen LogP contribution >= 0.6 is 0 Å². The van der Waals surface area contributed by atoms with Crippen molar-refractivity contribution in [2.75, 3.05) is 20.2 Å². The first-order valence-corrected chi connectivity index (χ1v) is 9.10. The van der Waals surface area contributed by atoms with Gasteiger partial charge in [-0.2, -0.15) is 0 Å². The minimum Gasteiger partial charge on any atom is -0.492 e. The van der Waals surface area contributed by atoms with Gasteiger partial charge in [0.25, 0.3) is 0 Å². The van der Waals surface area contributed by atoms with Crippen LogP contribution in [0.2, 0.25) is 0 Å². The summed E-state index contributed by atoms with van der Waals surface area (Å²) in [5, 5.41) is 5.10. The SMILES string of the molecule is COc1c(F)cc(CC(=O)N2CC(CN)CC2C)cc1S(N)(=O)=O. The quantitative estimate of drug-likeness (QED) is 0.780. The molecule has 1 amide bonds. The van der Waals surface area contributed by atoms with E-state index in [0.29, 0.717) is 13.1 Å². The molecule has 24 heavy (non-hydrogen) atoms. The van der Waals surface area contributed by atoms with E-state index in [2.05, 4.69) is 0 Å². The van der Waals surface area contributed by atoms with Crippen molar-refractivity contribution in [2.45, 2.75) is 30.7 Å². The molecule has 1 aliphatic rings. The Morgan fingerprint density at radius 2 is 2.12 bits per heavy atom. The first-order valence-electron chi connectivity index (χ1n) is 7.56. The average molecular weight is 359 g/mol. The van der Waals surface area contributed by atoms with Crippen molar-refractivity contribution in [1.82, 2.24) is 4.90 Å². The summed E-state index contributed by atoms with van der Waals surface area (Å²) in [7, 11) is -3.03. The fraction of sp³-hybridized carbons (Fsp3) is 0.533. The van der Waals surface area contributed by atoms with E-state index in [1.165, 1.54) is 6.07 Å². The third-order valence-electron chi connectivity index (χ3n) is 4.25. The summed E-state index contributed by atoms with van der Waals surface area (Å²) in [5.41, 5.74) is 5.88. The highest BCUT2D eigenvalue weighted by Gasteiger charge is 2.31. The van der Waals surface area contributed by atoms with E-state index in [-0.39, 0.29) is 29.9 Å². The molecule has 9 heteroatoms. The Hall–Kier alpha value is -1.71. The molecule has 0 saturated carbocycles. The highest BCUT2D eigenvalue weighted by Crippen LogP contribution is 2.29. The number of nitrogens with two attached hydrogens (primary N) is 2. The average Bonchev–Trinajstić information content (AvgIpc) is 2.87. The standard InChI is InChI=1S/C15H22FN3O4S/c1-9-3-11(7-17)8-19(9)14(20)6-10-4-12(16)15(23-2)13(5-10)24(18,21)22/h4-5,9,11H,3,6-8,17H2,1-2H3,(H2,18,21,22). The van der Waals surface area contributed by atoms with E-state index in [1.54, 1.807) is 4.90 Å². The fourth-order valence-corrected chi connectivity index (χ4v) is 3.82. The van der Waals surface area contributed by atoms with Crippen LogP contribution in [0.4, 0.5) is 4.39 Å². The maximum atomic E-state index is 14.1. The number of rotatable bonds is 5. The highest BCUT2D eigenvalue weighted by atomic mass is 32.2. The van der Waals surface area contributed by atoms with Gasteiger partial charge in [-0.3, -0.25) is 4.79 Å². The molecule has 0 aliphatic carbocycles. The van der Waals surface area contributed by atoms with Crippen molar-refractivity contribution in [2.24, 2.45) is 16.8 Å². The zero-order valence-corrected chi connectivity index (χ0v) is 14.5. The Bertz CT molecular complexity index is 738. The molecule has 1 aliphatic heterocycles. The van der Waals surface area contributed by atoms with Crippen LogP contribution in [0.25, 0.3) is 0 Å². The predicted octanol–water partition coefficient (Wildman–Crippen LogP) is 0.220. The maximum absolute atomic E-state index is 14.1. The number of primary sulfonamides is 1. The lowest BCUT2D eigenvalue weighted by Gasteiger charge is -2.22. The number of carbonyl (C=O) groups excluding carboxylic acids is 1. The molecule has 2 unspecified atom stereocenters. The lowest BCUT2D eigenvalue weighted by Crippen LogP contribution is -2.35. The minimum absolute atomic E-state index is 0.0480. The van der Waals surface area contributed by atoms with Gasteiger partial charge in [-0.15, -0.1) is 0 Å². The summed E-state index contributed by atoms with van der Waals surface area (Å²) < 4.78 is 42.1. The molecule has 1 heterocycles. The van der Waals surface area contributed by atoms with Crippen molar-refractivity contribution in [3.8, 4) is 5.75 Å². The van der Waals surface area contributed by atoms with Crippen LogP contribution in [0, 0.1) is 11.7 Å². The molecule has 0 bridgehead atoms. The second kappa shape index (κ2) is 7.04. The third kappa shape index (κ3) is 3.85. The summed E-state index contributed by atoms with van der Waals surface area (Å²) in [5.74, 6) is -1.28. The number of methoxy groups -OCH3 is 1. The number of hydrogen-bond acceptors (Lipinski definition) is 5. The lowest BCUT2D eigenvalue weighted by molar-refractivity contribution is -0.131. The van der Waals surface area contributed by atoms with Gasteiger partial charge in [0.05, 0.1) is 13.5 Å². The Labute approximate surface area is 140 Å². The monoisotopic (exact) mass is 359 g/mol. The molecule has 4 N–H and O–H groups in total. The van der Waals surface area contributed by atoms with E-state index in [0.717, 1.165) is 19.6 Å².